The van der Waals surface area contributed by atoms with Crippen LogP contribution in [0.5, 0.6) is 0 Å². The van der Waals surface area contributed by atoms with E-state index >= 15 is 0 Å². The monoisotopic (exact) mass is 605 g/mol. The minimum Gasteiger partial charge on any atom is -0.359 e. The highest BCUT2D eigenvalue weighted by Gasteiger charge is 2.24. The Hall–Kier alpha value is -4.22. The first-order valence-electron chi connectivity index (χ1n) is 13.8. The number of aromatic amines is 1. The number of likely N-dealkylation sites (tertiary alicyclic amines) is 1. The molecule has 13 heteroatoms. The molecule has 0 aliphatic carbocycles. The molecule has 1 aliphatic heterocycles. The third-order valence-corrected chi connectivity index (χ3v) is 7.91. The maximum atomic E-state index is 13.1. The summed E-state index contributed by atoms with van der Waals surface area (Å²) in [5.74, 6) is 0.982. The molecule has 11 nitrogen and oxygen atoms in total. The molecule has 0 saturated carbocycles. The summed E-state index contributed by atoms with van der Waals surface area (Å²) in [6, 6.07) is 8.49. The lowest BCUT2D eigenvalue weighted by Gasteiger charge is -2.19. The Balaban J connectivity index is 1.25. The second-order valence-corrected chi connectivity index (χ2v) is 11.1. The van der Waals surface area contributed by atoms with Crippen molar-refractivity contribution in [2.24, 2.45) is 0 Å². The van der Waals surface area contributed by atoms with Crippen LogP contribution in [0.2, 0.25) is 10.0 Å². The van der Waals surface area contributed by atoms with Crippen molar-refractivity contribution in [2.75, 3.05) is 25.0 Å². The van der Waals surface area contributed by atoms with E-state index in [0.717, 1.165) is 37.0 Å². The van der Waals surface area contributed by atoms with Gasteiger partial charge in [-0.15, -0.1) is 0 Å². The van der Waals surface area contributed by atoms with Crippen LogP contribution in [0.3, 0.4) is 0 Å². The van der Waals surface area contributed by atoms with Gasteiger partial charge in [0.2, 0.25) is 5.91 Å². The summed E-state index contributed by atoms with van der Waals surface area (Å²) in [6.45, 7) is 2.58. The first-order valence-corrected chi connectivity index (χ1v) is 14.6. The predicted molar refractivity (Wildman–Crippen MR) is 162 cm³/mol. The summed E-state index contributed by atoms with van der Waals surface area (Å²) in [5, 5.41) is 8.00. The van der Waals surface area contributed by atoms with E-state index in [2.05, 4.69) is 30.6 Å². The number of aromatic nitrogens is 6. The second-order valence-electron chi connectivity index (χ2n) is 10.2. The number of fused-ring (bicyclic) bond motifs is 2. The molecule has 3 N–H and O–H groups in total. The van der Waals surface area contributed by atoms with E-state index in [1.807, 2.05) is 21.7 Å². The van der Waals surface area contributed by atoms with E-state index in [4.69, 9.17) is 28.2 Å². The highest BCUT2D eigenvalue weighted by molar-refractivity contribution is 6.35. The summed E-state index contributed by atoms with van der Waals surface area (Å²) in [5.41, 5.74) is 2.56. The Morgan fingerprint density at radius 1 is 1.07 bits per heavy atom. The number of carbonyl (C=O) groups is 2. The van der Waals surface area contributed by atoms with Gasteiger partial charge in [-0.2, -0.15) is 0 Å². The Morgan fingerprint density at radius 3 is 2.74 bits per heavy atom. The van der Waals surface area contributed by atoms with Crippen LogP contribution in [-0.2, 0) is 11.3 Å². The van der Waals surface area contributed by atoms with Crippen LogP contribution in [0, 0.1) is 0 Å². The molecule has 2 amide bonds. The summed E-state index contributed by atoms with van der Waals surface area (Å²) in [6.07, 6.45) is 9.37. The van der Waals surface area contributed by atoms with Crippen LogP contribution in [0.15, 0.2) is 55.4 Å². The zero-order chi connectivity index (χ0) is 29.1. The van der Waals surface area contributed by atoms with Crippen molar-refractivity contribution in [2.45, 2.75) is 38.3 Å². The molecule has 4 heterocycles. The molecule has 0 radical (unpaired) electrons. The molecule has 2 aromatic carbocycles. The van der Waals surface area contributed by atoms with Gasteiger partial charge >= 0.3 is 0 Å². The molecule has 6 rings (SSSR count). The Morgan fingerprint density at radius 2 is 1.93 bits per heavy atom. The molecule has 5 aromatic rings. The first kappa shape index (κ1) is 27.9. The second kappa shape index (κ2) is 12.3. The van der Waals surface area contributed by atoms with Gasteiger partial charge in [0, 0.05) is 55.4 Å². The van der Waals surface area contributed by atoms with Crippen LogP contribution in [0.25, 0.3) is 21.9 Å². The molecule has 1 saturated heterocycles. The highest BCUT2D eigenvalue weighted by atomic mass is 35.5. The summed E-state index contributed by atoms with van der Waals surface area (Å²) in [7, 11) is 0. The van der Waals surface area contributed by atoms with Crippen molar-refractivity contribution < 1.29 is 9.59 Å². The van der Waals surface area contributed by atoms with E-state index in [0.29, 0.717) is 57.7 Å². The maximum Gasteiger partial charge on any atom is 0.255 e. The number of H-pyrrole nitrogens is 1. The smallest absolute Gasteiger partial charge is 0.255 e. The number of carbonyl (C=O) groups excluding carboxylic acids is 2. The lowest BCUT2D eigenvalue weighted by atomic mass is 10.1. The SMILES string of the molecule is O=C(CCC(Nc1ncnc2cc(C(=O)N3CCCC3)c(Cl)cc12)c1nc2cc(Cl)ccc2[nH]1)NCCn1ccnc1. The van der Waals surface area contributed by atoms with Crippen molar-refractivity contribution in [3.05, 3.63) is 76.8 Å². The largest absolute Gasteiger partial charge is 0.359 e. The third kappa shape index (κ3) is 6.17. The predicted octanol–water partition coefficient (Wildman–Crippen LogP) is 5.00. The summed E-state index contributed by atoms with van der Waals surface area (Å²) >= 11 is 12.8. The fourth-order valence-corrected chi connectivity index (χ4v) is 5.57. The number of amides is 2. The van der Waals surface area contributed by atoms with Crippen molar-refractivity contribution >= 4 is 62.8 Å². The number of anilines is 1. The first-order chi connectivity index (χ1) is 20.4. The van der Waals surface area contributed by atoms with Gasteiger partial charge in [0.25, 0.3) is 5.91 Å². The number of halogens is 2. The van der Waals surface area contributed by atoms with E-state index in [1.54, 1.807) is 36.8 Å². The molecule has 216 valence electrons. The Bertz CT molecular complexity index is 1730. The van der Waals surface area contributed by atoms with Crippen LogP contribution >= 0.6 is 23.2 Å². The molecule has 0 spiro atoms. The normalized spacial score (nSPS) is 14.0. The minimum absolute atomic E-state index is 0.0817. The Labute approximate surface area is 251 Å². The quantitative estimate of drug-likeness (QED) is 0.204. The zero-order valence-electron chi connectivity index (χ0n) is 22.7. The molecule has 1 aliphatic rings. The van der Waals surface area contributed by atoms with E-state index < -0.39 is 6.04 Å². The van der Waals surface area contributed by atoms with Gasteiger partial charge in [0.1, 0.15) is 18.0 Å². The Kier molecular flexibility index (Phi) is 8.20. The standard InChI is InChI=1S/C29H29Cl2N9O2/c30-18-3-4-22-25(13-18)38-28(36-22)23(5-6-26(41)33-8-12-39-11-7-32-17-39)37-27-20-14-21(31)19(15-24(20)34-16-35-27)29(42)40-9-1-2-10-40/h3-4,7,11,13-17,23H,1-2,5-6,8-10,12H2,(H,33,41)(H,36,38)(H,34,35,37). The van der Waals surface area contributed by atoms with Gasteiger partial charge in [0.05, 0.1) is 39.5 Å². The molecule has 1 atom stereocenters. The molecule has 0 bridgehead atoms. The van der Waals surface area contributed by atoms with Crippen molar-refractivity contribution in [1.29, 1.82) is 0 Å². The number of nitrogens with zero attached hydrogens (tertiary/aromatic N) is 6. The van der Waals surface area contributed by atoms with Crippen molar-refractivity contribution in [3.8, 4) is 0 Å². The number of hydrogen-bond acceptors (Lipinski definition) is 7. The molecule has 1 unspecified atom stereocenters. The van der Waals surface area contributed by atoms with E-state index in [-0.39, 0.29) is 18.2 Å². The van der Waals surface area contributed by atoms with Crippen molar-refractivity contribution in [3.63, 3.8) is 0 Å². The van der Waals surface area contributed by atoms with Gasteiger partial charge in [-0.05, 0) is 49.6 Å². The topological polar surface area (TPSA) is 134 Å². The van der Waals surface area contributed by atoms with E-state index in [1.165, 1.54) is 6.33 Å². The number of nitrogens with one attached hydrogen (secondary N) is 3. The molecule has 42 heavy (non-hydrogen) atoms. The highest BCUT2D eigenvalue weighted by Crippen LogP contribution is 2.32. The number of rotatable bonds is 10. The maximum absolute atomic E-state index is 13.1. The van der Waals surface area contributed by atoms with Crippen LogP contribution < -0.4 is 10.6 Å². The minimum atomic E-state index is -0.404. The lowest BCUT2D eigenvalue weighted by Crippen LogP contribution is -2.28. The van der Waals surface area contributed by atoms with Crippen LogP contribution in [0.4, 0.5) is 5.82 Å². The van der Waals surface area contributed by atoms with Gasteiger partial charge in [-0.3, -0.25) is 9.59 Å². The van der Waals surface area contributed by atoms with Crippen LogP contribution in [0.1, 0.15) is 47.9 Å². The average molecular weight is 607 g/mol. The molecular weight excluding hydrogens is 577 g/mol. The number of hydrogen-bond donors (Lipinski definition) is 3. The number of benzene rings is 2. The fourth-order valence-electron chi connectivity index (χ4n) is 5.16. The van der Waals surface area contributed by atoms with E-state index in [9.17, 15) is 9.59 Å². The molecule has 3 aromatic heterocycles. The number of imidazole rings is 2. The van der Waals surface area contributed by atoms with Crippen LogP contribution in [-0.4, -0.2) is 65.8 Å². The molecule has 1 fully saturated rings. The lowest BCUT2D eigenvalue weighted by molar-refractivity contribution is -0.121. The molecular formula is C29H29Cl2N9O2. The van der Waals surface area contributed by atoms with Crippen molar-refractivity contribution in [1.82, 2.24) is 39.7 Å². The third-order valence-electron chi connectivity index (χ3n) is 7.36. The van der Waals surface area contributed by atoms with Gasteiger partial charge < -0.3 is 25.1 Å². The summed E-state index contributed by atoms with van der Waals surface area (Å²) in [4.78, 5) is 48.7. The average Bonchev–Trinajstić information content (AvgIpc) is 3.77. The van der Waals surface area contributed by atoms with Gasteiger partial charge in [-0.25, -0.2) is 19.9 Å². The fraction of sp³-hybridized carbons (Fsp3) is 0.310. The summed E-state index contributed by atoms with van der Waals surface area (Å²) < 4.78 is 1.90. The van der Waals surface area contributed by atoms with Gasteiger partial charge in [-0.1, -0.05) is 23.2 Å². The zero-order valence-corrected chi connectivity index (χ0v) is 24.2. The van der Waals surface area contributed by atoms with Gasteiger partial charge in [0.15, 0.2) is 0 Å².